The van der Waals surface area contributed by atoms with Crippen molar-refractivity contribution in [2.75, 3.05) is 29.9 Å². The maximum Gasteiger partial charge on any atom is 0.339 e. The Hall–Kier alpha value is -3.42. The molecule has 0 spiro atoms. The van der Waals surface area contributed by atoms with Crippen molar-refractivity contribution in [1.29, 1.82) is 0 Å². The number of piperidine rings is 1. The van der Waals surface area contributed by atoms with Gasteiger partial charge in [-0.15, -0.1) is 0 Å². The van der Waals surface area contributed by atoms with Gasteiger partial charge >= 0.3 is 11.9 Å². The van der Waals surface area contributed by atoms with Crippen molar-refractivity contribution < 1.29 is 24.2 Å². The minimum Gasteiger partial charge on any atom is -0.478 e. The molecule has 1 aliphatic heterocycles. The van der Waals surface area contributed by atoms with Crippen LogP contribution < -0.4 is 10.2 Å². The Bertz CT molecular complexity index is 900. The van der Waals surface area contributed by atoms with Crippen LogP contribution in [0.2, 0.25) is 0 Å². The van der Waals surface area contributed by atoms with Crippen molar-refractivity contribution in [1.82, 2.24) is 4.98 Å². The van der Waals surface area contributed by atoms with E-state index < -0.39 is 5.97 Å². The number of aromatic nitrogens is 1. The van der Waals surface area contributed by atoms with Crippen LogP contribution in [0.25, 0.3) is 0 Å². The molecule has 0 bridgehead atoms. The maximum atomic E-state index is 12.3. The first-order valence-corrected chi connectivity index (χ1v) is 9.51. The molecule has 1 amide bonds. The molecule has 0 unspecified atom stereocenters. The largest absolute Gasteiger partial charge is 0.478 e. The molecule has 2 heterocycles. The molecule has 1 aliphatic rings. The molecule has 3 rings (SSSR count). The molecule has 0 saturated carbocycles. The zero-order valence-corrected chi connectivity index (χ0v) is 16.1. The van der Waals surface area contributed by atoms with Crippen molar-refractivity contribution >= 4 is 29.4 Å². The lowest BCUT2D eigenvalue weighted by Gasteiger charge is -2.33. The van der Waals surface area contributed by atoms with Crippen LogP contribution in [0, 0.1) is 5.92 Å². The summed E-state index contributed by atoms with van der Waals surface area (Å²) in [6, 6.07) is 10.0. The van der Waals surface area contributed by atoms with Gasteiger partial charge in [-0.1, -0.05) is 18.2 Å². The summed E-state index contributed by atoms with van der Waals surface area (Å²) in [7, 11) is 0. The number of hydrogen-bond donors (Lipinski definition) is 2. The molecule has 2 aromatic rings. The lowest BCUT2D eigenvalue weighted by molar-refractivity contribution is -0.148. The van der Waals surface area contributed by atoms with Crippen LogP contribution in [0.3, 0.4) is 0 Å². The highest BCUT2D eigenvalue weighted by Crippen LogP contribution is 2.27. The van der Waals surface area contributed by atoms with E-state index in [-0.39, 0.29) is 29.2 Å². The Morgan fingerprint density at radius 3 is 2.72 bits per heavy atom. The summed E-state index contributed by atoms with van der Waals surface area (Å²) in [6.07, 6.45) is 2.86. The van der Waals surface area contributed by atoms with Gasteiger partial charge in [-0.3, -0.25) is 9.59 Å². The van der Waals surface area contributed by atoms with Gasteiger partial charge in [0.2, 0.25) is 0 Å². The Kier molecular flexibility index (Phi) is 6.43. The number of anilines is 2. The molecule has 1 aromatic heterocycles. The molecule has 0 aliphatic carbocycles. The molecule has 152 valence electrons. The third kappa shape index (κ3) is 4.90. The number of benzene rings is 1. The number of carbonyl (C=O) groups excluding carboxylic acids is 2. The number of nitrogens with one attached hydrogen (secondary N) is 1. The van der Waals surface area contributed by atoms with E-state index in [2.05, 4.69) is 10.3 Å². The molecule has 2 N–H and O–H groups in total. The minimum atomic E-state index is -1.15. The minimum absolute atomic E-state index is 0.0274. The average Bonchev–Trinajstić information content (AvgIpc) is 2.74. The molecule has 8 nitrogen and oxygen atoms in total. The van der Waals surface area contributed by atoms with Crippen LogP contribution in [-0.4, -0.2) is 47.6 Å². The Labute approximate surface area is 168 Å². The van der Waals surface area contributed by atoms with Gasteiger partial charge in [-0.05, 0) is 38.0 Å². The van der Waals surface area contributed by atoms with Gasteiger partial charge in [-0.2, -0.15) is 0 Å². The van der Waals surface area contributed by atoms with E-state index in [4.69, 9.17) is 4.74 Å². The van der Waals surface area contributed by atoms with E-state index in [0.29, 0.717) is 37.4 Å². The topological polar surface area (TPSA) is 109 Å². The van der Waals surface area contributed by atoms with Crippen LogP contribution in [-0.2, 0) is 9.53 Å². The van der Waals surface area contributed by atoms with Gasteiger partial charge in [0.15, 0.2) is 0 Å². The van der Waals surface area contributed by atoms with Crippen LogP contribution in [0.15, 0.2) is 42.6 Å². The first kappa shape index (κ1) is 20.3. The van der Waals surface area contributed by atoms with Crippen molar-refractivity contribution in [2.45, 2.75) is 19.8 Å². The molecular formula is C21H23N3O5. The fourth-order valence-electron chi connectivity index (χ4n) is 3.35. The zero-order chi connectivity index (χ0) is 20.8. The summed E-state index contributed by atoms with van der Waals surface area (Å²) in [5.41, 5.74) is 0.723. The summed E-state index contributed by atoms with van der Waals surface area (Å²) in [5, 5.41) is 12.3. The van der Waals surface area contributed by atoms with E-state index in [0.717, 1.165) is 6.42 Å². The van der Waals surface area contributed by atoms with E-state index >= 15 is 0 Å². The number of nitrogens with zero attached hydrogens (tertiary/aromatic N) is 2. The number of carboxylic acids is 1. The number of pyridine rings is 1. The van der Waals surface area contributed by atoms with E-state index in [1.54, 1.807) is 42.2 Å². The van der Waals surface area contributed by atoms with Crippen LogP contribution in [0.4, 0.5) is 11.5 Å². The van der Waals surface area contributed by atoms with Crippen molar-refractivity contribution in [3.05, 3.63) is 53.7 Å². The van der Waals surface area contributed by atoms with Crippen molar-refractivity contribution in [3.63, 3.8) is 0 Å². The third-order valence-electron chi connectivity index (χ3n) is 4.73. The summed E-state index contributed by atoms with van der Waals surface area (Å²) in [4.78, 5) is 42.3. The van der Waals surface area contributed by atoms with Crippen LogP contribution in [0.5, 0.6) is 0 Å². The lowest BCUT2D eigenvalue weighted by Crippen LogP contribution is -2.40. The second-order valence-electron chi connectivity index (χ2n) is 6.76. The summed E-state index contributed by atoms with van der Waals surface area (Å²) < 4.78 is 5.10. The monoisotopic (exact) mass is 397 g/mol. The summed E-state index contributed by atoms with van der Waals surface area (Å²) in [5.74, 6) is -1.81. The second kappa shape index (κ2) is 9.18. The van der Waals surface area contributed by atoms with E-state index in [9.17, 15) is 19.5 Å². The summed E-state index contributed by atoms with van der Waals surface area (Å²) in [6.45, 7) is 3.01. The molecule has 8 heteroatoms. The van der Waals surface area contributed by atoms with Crippen molar-refractivity contribution in [3.8, 4) is 0 Å². The second-order valence-corrected chi connectivity index (χ2v) is 6.76. The van der Waals surface area contributed by atoms with Crippen molar-refractivity contribution in [2.24, 2.45) is 5.92 Å². The van der Waals surface area contributed by atoms with Gasteiger partial charge in [0.05, 0.1) is 24.4 Å². The van der Waals surface area contributed by atoms with E-state index in [1.165, 1.54) is 12.3 Å². The molecule has 1 fully saturated rings. The highest BCUT2D eigenvalue weighted by molar-refractivity contribution is 6.05. The maximum absolute atomic E-state index is 12.3. The fourth-order valence-corrected chi connectivity index (χ4v) is 3.35. The highest BCUT2D eigenvalue weighted by atomic mass is 16.5. The molecule has 1 atom stereocenters. The number of carboxylic acid groups (broad SMARTS) is 1. The number of carbonyl (C=O) groups is 3. The quantitative estimate of drug-likeness (QED) is 0.722. The highest BCUT2D eigenvalue weighted by Gasteiger charge is 2.29. The third-order valence-corrected chi connectivity index (χ3v) is 4.73. The van der Waals surface area contributed by atoms with Crippen LogP contribution in [0.1, 0.15) is 40.5 Å². The van der Waals surface area contributed by atoms with Gasteiger partial charge in [0.25, 0.3) is 5.91 Å². The number of hydrogen-bond acceptors (Lipinski definition) is 6. The lowest BCUT2D eigenvalue weighted by atomic mass is 9.98. The molecule has 1 aromatic carbocycles. The number of ether oxygens (including phenoxy) is 1. The van der Waals surface area contributed by atoms with Crippen LogP contribution >= 0.6 is 0 Å². The van der Waals surface area contributed by atoms with Gasteiger partial charge < -0.3 is 20.1 Å². The van der Waals surface area contributed by atoms with Gasteiger partial charge in [-0.25, -0.2) is 9.78 Å². The van der Waals surface area contributed by atoms with E-state index in [1.807, 2.05) is 0 Å². The molecule has 29 heavy (non-hydrogen) atoms. The number of rotatable bonds is 6. The Morgan fingerprint density at radius 2 is 2.03 bits per heavy atom. The predicted octanol–water partition coefficient (Wildman–Crippen LogP) is 2.81. The first-order chi connectivity index (χ1) is 14.0. The molecule has 1 saturated heterocycles. The zero-order valence-electron chi connectivity index (χ0n) is 16.1. The first-order valence-electron chi connectivity index (χ1n) is 9.51. The number of aromatic carboxylic acids is 1. The SMILES string of the molecule is CCOC(=O)[C@H]1CCCN(c2ncc(NC(=O)c3ccccc3)cc2C(=O)O)C1. The van der Waals surface area contributed by atoms with Gasteiger partial charge in [0.1, 0.15) is 11.4 Å². The Morgan fingerprint density at radius 1 is 1.28 bits per heavy atom. The fraction of sp³-hybridized carbons (Fsp3) is 0.333. The average molecular weight is 397 g/mol. The van der Waals surface area contributed by atoms with Gasteiger partial charge in [0, 0.05) is 18.7 Å². The predicted molar refractivity (Wildman–Crippen MR) is 107 cm³/mol. The normalized spacial score (nSPS) is 16.2. The standard InChI is InChI=1S/C21H23N3O5/c1-2-29-21(28)15-9-6-10-24(13-15)18-17(20(26)27)11-16(12-22-18)23-19(25)14-7-4-3-5-8-14/h3-5,7-8,11-12,15H,2,6,9-10,13H2,1H3,(H,23,25)(H,26,27)/t15-/m0/s1. The number of esters is 1. The number of amides is 1. The molecular weight excluding hydrogens is 374 g/mol. The summed E-state index contributed by atoms with van der Waals surface area (Å²) >= 11 is 0. The molecule has 0 radical (unpaired) electrons. The Balaban J connectivity index is 1.80. The smallest absolute Gasteiger partial charge is 0.339 e.